The Bertz CT molecular complexity index is 929. The Labute approximate surface area is 149 Å². The molecule has 0 spiro atoms. The summed E-state index contributed by atoms with van der Waals surface area (Å²) >= 11 is 0. The number of nitrogens with zero attached hydrogens (tertiary/aromatic N) is 2. The van der Waals surface area contributed by atoms with Gasteiger partial charge in [-0.3, -0.25) is 0 Å². The number of rotatable bonds is 5. The van der Waals surface area contributed by atoms with Crippen LogP contribution in [0.15, 0.2) is 42.5 Å². The van der Waals surface area contributed by atoms with E-state index in [0.717, 1.165) is 36.4 Å². The monoisotopic (exact) mass is 356 g/mol. The largest absolute Gasteiger partial charge is 0.376 e. The molecule has 4 rings (SSSR count). The number of ether oxygens (including phenoxy) is 1. The fourth-order valence-corrected chi connectivity index (χ4v) is 2.99. The molecule has 0 amide bonds. The molecule has 1 aromatic heterocycles. The Hall–Kier alpha value is -2.80. The molecule has 1 fully saturated rings. The number of benzene rings is 2. The van der Waals surface area contributed by atoms with Crippen molar-refractivity contribution < 1.29 is 13.5 Å². The molecule has 0 bridgehead atoms. The molecule has 1 aliphatic heterocycles. The molecule has 1 saturated heterocycles. The molecule has 2 N–H and O–H groups in total. The second kappa shape index (κ2) is 7.21. The molecule has 1 unspecified atom stereocenters. The van der Waals surface area contributed by atoms with E-state index in [-0.39, 0.29) is 17.7 Å². The number of anilines is 3. The van der Waals surface area contributed by atoms with Gasteiger partial charge in [-0.05, 0) is 37.1 Å². The van der Waals surface area contributed by atoms with E-state index in [9.17, 15) is 8.78 Å². The van der Waals surface area contributed by atoms with E-state index in [2.05, 4.69) is 20.6 Å². The molecule has 1 atom stereocenters. The molecular weight excluding hydrogens is 338 g/mol. The summed E-state index contributed by atoms with van der Waals surface area (Å²) in [7, 11) is 0. The van der Waals surface area contributed by atoms with Crippen LogP contribution in [-0.2, 0) is 4.74 Å². The summed E-state index contributed by atoms with van der Waals surface area (Å²) < 4.78 is 32.6. The Balaban J connectivity index is 1.64. The lowest BCUT2D eigenvalue weighted by atomic mass is 10.2. The molecule has 134 valence electrons. The Morgan fingerprint density at radius 1 is 1.12 bits per heavy atom. The van der Waals surface area contributed by atoms with Crippen molar-refractivity contribution in [1.29, 1.82) is 0 Å². The first kappa shape index (κ1) is 16.7. The highest BCUT2D eigenvalue weighted by Gasteiger charge is 2.16. The summed E-state index contributed by atoms with van der Waals surface area (Å²) in [5, 5.41) is 7.01. The highest BCUT2D eigenvalue weighted by atomic mass is 19.1. The fourth-order valence-electron chi connectivity index (χ4n) is 2.99. The first-order chi connectivity index (χ1) is 12.7. The van der Waals surface area contributed by atoms with Crippen LogP contribution in [0.5, 0.6) is 0 Å². The van der Waals surface area contributed by atoms with Crippen molar-refractivity contribution in [2.75, 3.05) is 23.8 Å². The van der Waals surface area contributed by atoms with E-state index in [0.29, 0.717) is 12.4 Å². The van der Waals surface area contributed by atoms with Gasteiger partial charge in [-0.25, -0.2) is 13.8 Å². The summed E-state index contributed by atoms with van der Waals surface area (Å²) in [5.74, 6) is -0.442. The quantitative estimate of drug-likeness (QED) is 0.716. The molecule has 2 aromatic carbocycles. The standard InChI is InChI=1S/C19H18F2N4O/c20-12-7-8-17(15(21)10-12)24-19-23-16-6-2-1-5-14(16)18(25-19)22-11-13-4-3-9-26-13/h1-2,5-8,10,13H,3-4,9,11H2,(H2,22,23,24,25). The second-order valence-electron chi connectivity index (χ2n) is 6.18. The lowest BCUT2D eigenvalue weighted by molar-refractivity contribution is 0.120. The molecule has 26 heavy (non-hydrogen) atoms. The second-order valence-corrected chi connectivity index (χ2v) is 6.18. The number of nitrogens with one attached hydrogen (secondary N) is 2. The van der Waals surface area contributed by atoms with Gasteiger partial charge in [0.15, 0.2) is 0 Å². The maximum atomic E-state index is 13.9. The van der Waals surface area contributed by atoms with Crippen molar-refractivity contribution in [3.63, 3.8) is 0 Å². The molecule has 1 aliphatic rings. The third-order valence-electron chi connectivity index (χ3n) is 4.30. The van der Waals surface area contributed by atoms with Crippen molar-refractivity contribution in [3.8, 4) is 0 Å². The molecule has 3 aromatic rings. The van der Waals surface area contributed by atoms with Crippen LogP contribution in [0.2, 0.25) is 0 Å². The van der Waals surface area contributed by atoms with Gasteiger partial charge in [-0.1, -0.05) is 12.1 Å². The van der Waals surface area contributed by atoms with Gasteiger partial charge in [0, 0.05) is 24.6 Å². The third kappa shape index (κ3) is 3.57. The molecule has 2 heterocycles. The molecular formula is C19H18F2N4O. The van der Waals surface area contributed by atoms with Gasteiger partial charge < -0.3 is 15.4 Å². The fraction of sp³-hybridized carbons (Fsp3) is 0.263. The average Bonchev–Trinajstić information content (AvgIpc) is 3.16. The van der Waals surface area contributed by atoms with Crippen molar-refractivity contribution in [2.45, 2.75) is 18.9 Å². The highest BCUT2D eigenvalue weighted by Crippen LogP contribution is 2.25. The topological polar surface area (TPSA) is 59.1 Å². The van der Waals surface area contributed by atoms with E-state index in [4.69, 9.17) is 4.74 Å². The summed E-state index contributed by atoms with van der Waals surface area (Å²) in [5.41, 5.74) is 0.842. The zero-order valence-corrected chi connectivity index (χ0v) is 14.0. The normalized spacial score (nSPS) is 16.8. The van der Waals surface area contributed by atoms with Crippen LogP contribution < -0.4 is 10.6 Å². The molecule has 5 nitrogen and oxygen atoms in total. The predicted octanol–water partition coefficient (Wildman–Crippen LogP) is 4.24. The number of hydrogen-bond acceptors (Lipinski definition) is 5. The average molecular weight is 356 g/mol. The van der Waals surface area contributed by atoms with Crippen LogP contribution in [0.1, 0.15) is 12.8 Å². The summed E-state index contributed by atoms with van der Waals surface area (Å²) in [6.07, 6.45) is 2.24. The zero-order chi connectivity index (χ0) is 17.9. The lowest BCUT2D eigenvalue weighted by Gasteiger charge is -2.14. The van der Waals surface area contributed by atoms with E-state index in [1.807, 2.05) is 24.3 Å². The summed E-state index contributed by atoms with van der Waals surface area (Å²) in [6.45, 7) is 1.43. The van der Waals surface area contributed by atoms with Crippen LogP contribution in [0.4, 0.5) is 26.2 Å². The zero-order valence-electron chi connectivity index (χ0n) is 14.0. The van der Waals surface area contributed by atoms with E-state index < -0.39 is 11.6 Å². The SMILES string of the molecule is Fc1ccc(Nc2nc(NCC3CCCO3)c3ccccc3n2)c(F)c1. The first-order valence-corrected chi connectivity index (χ1v) is 8.53. The van der Waals surface area contributed by atoms with Crippen molar-refractivity contribution >= 4 is 28.4 Å². The van der Waals surface area contributed by atoms with Gasteiger partial charge in [-0.2, -0.15) is 4.98 Å². The third-order valence-corrected chi connectivity index (χ3v) is 4.30. The van der Waals surface area contributed by atoms with Crippen LogP contribution in [0.3, 0.4) is 0 Å². The molecule has 0 radical (unpaired) electrons. The number of halogens is 2. The van der Waals surface area contributed by atoms with Crippen LogP contribution in [0, 0.1) is 11.6 Å². The van der Waals surface area contributed by atoms with E-state index in [1.165, 1.54) is 12.1 Å². The first-order valence-electron chi connectivity index (χ1n) is 8.53. The summed E-state index contributed by atoms with van der Waals surface area (Å²) in [4.78, 5) is 8.89. The summed E-state index contributed by atoms with van der Waals surface area (Å²) in [6, 6.07) is 10.9. The maximum Gasteiger partial charge on any atom is 0.229 e. The predicted molar refractivity (Wildman–Crippen MR) is 96.6 cm³/mol. The highest BCUT2D eigenvalue weighted by molar-refractivity contribution is 5.90. The van der Waals surface area contributed by atoms with E-state index in [1.54, 1.807) is 0 Å². The van der Waals surface area contributed by atoms with Gasteiger partial charge in [0.05, 0.1) is 17.3 Å². The van der Waals surface area contributed by atoms with Crippen LogP contribution in [0.25, 0.3) is 10.9 Å². The van der Waals surface area contributed by atoms with Gasteiger partial charge in [0.1, 0.15) is 17.5 Å². The number of aromatic nitrogens is 2. The van der Waals surface area contributed by atoms with Gasteiger partial charge in [0.2, 0.25) is 5.95 Å². The minimum atomic E-state index is -0.698. The number of fused-ring (bicyclic) bond motifs is 1. The number of para-hydroxylation sites is 1. The van der Waals surface area contributed by atoms with Gasteiger partial charge in [-0.15, -0.1) is 0 Å². The van der Waals surface area contributed by atoms with Gasteiger partial charge in [0.25, 0.3) is 0 Å². The molecule has 0 aliphatic carbocycles. The minimum absolute atomic E-state index is 0.117. The van der Waals surface area contributed by atoms with Crippen molar-refractivity contribution in [3.05, 3.63) is 54.1 Å². The van der Waals surface area contributed by atoms with Crippen LogP contribution in [-0.4, -0.2) is 29.2 Å². The van der Waals surface area contributed by atoms with Crippen molar-refractivity contribution in [2.24, 2.45) is 0 Å². The van der Waals surface area contributed by atoms with Gasteiger partial charge >= 0.3 is 0 Å². The van der Waals surface area contributed by atoms with Crippen molar-refractivity contribution in [1.82, 2.24) is 9.97 Å². The minimum Gasteiger partial charge on any atom is -0.376 e. The van der Waals surface area contributed by atoms with E-state index >= 15 is 0 Å². The molecule has 7 heteroatoms. The Morgan fingerprint density at radius 3 is 2.81 bits per heavy atom. The Kier molecular flexibility index (Phi) is 4.62. The Morgan fingerprint density at radius 2 is 2.00 bits per heavy atom. The molecule has 0 saturated carbocycles. The van der Waals surface area contributed by atoms with Crippen LogP contribution >= 0.6 is 0 Å². The maximum absolute atomic E-state index is 13.9. The smallest absolute Gasteiger partial charge is 0.229 e. The number of hydrogen-bond donors (Lipinski definition) is 2. The lowest BCUT2D eigenvalue weighted by Crippen LogP contribution is -2.19.